The molecule has 2 N–H and O–H groups in total. The lowest BCUT2D eigenvalue weighted by Gasteiger charge is -2.09. The smallest absolute Gasteiger partial charge is 0.316 e. The molecule has 53 heavy (non-hydrogen) atoms. The maximum absolute atomic E-state index is 10.9. The third-order valence-electron chi connectivity index (χ3n) is 7.82. The molecule has 0 amide bonds. The van der Waals surface area contributed by atoms with Crippen LogP contribution >= 0.6 is 23.5 Å². The van der Waals surface area contributed by atoms with Crippen molar-refractivity contribution in [1.29, 1.82) is 0 Å². The lowest BCUT2D eigenvalue weighted by molar-refractivity contribution is -0.136. The Labute approximate surface area is 336 Å². The molecule has 2 unspecified atom stereocenters. The van der Waals surface area contributed by atoms with Crippen molar-refractivity contribution >= 4 is 29.5 Å². The predicted octanol–water partition coefficient (Wildman–Crippen LogP) is 14.9. The molecule has 2 atom stereocenters. The van der Waals surface area contributed by atoms with Gasteiger partial charge in [-0.25, -0.2) is 0 Å². The van der Waals surface area contributed by atoms with Crippen molar-refractivity contribution in [2.45, 2.75) is 154 Å². The van der Waals surface area contributed by atoms with Crippen LogP contribution in [0.4, 0.5) is 0 Å². The summed E-state index contributed by atoms with van der Waals surface area (Å²) in [5.41, 5.74) is 0. The number of aliphatic carboxylic acids is 1. The quantitative estimate of drug-likeness (QED) is 0.0504. The number of allylic oxidation sites excluding steroid dienone is 20. The number of aliphatic hydroxyl groups excluding tert-OH is 1. The lowest BCUT2D eigenvalue weighted by Crippen LogP contribution is -2.15. The van der Waals surface area contributed by atoms with Gasteiger partial charge in [-0.05, 0) is 127 Å². The van der Waals surface area contributed by atoms with E-state index in [9.17, 15) is 4.79 Å². The Balaban J connectivity index is 0. The van der Waals surface area contributed by atoms with E-state index in [4.69, 9.17) is 10.2 Å². The first-order chi connectivity index (χ1) is 26.1. The molecule has 0 aromatic rings. The Kier molecular flexibility index (Phi) is 47.2. The first-order valence-electron chi connectivity index (χ1n) is 20.6. The highest BCUT2D eigenvalue weighted by atomic mass is 32.2. The summed E-state index contributed by atoms with van der Waals surface area (Å²) in [7, 11) is 0. The van der Waals surface area contributed by atoms with Gasteiger partial charge in [-0.15, -0.1) is 11.8 Å². The molecule has 0 saturated heterocycles. The zero-order valence-corrected chi connectivity index (χ0v) is 35.8. The zero-order chi connectivity index (χ0) is 39.1. The van der Waals surface area contributed by atoms with Crippen molar-refractivity contribution in [3.63, 3.8) is 0 Å². The highest BCUT2D eigenvalue weighted by Crippen LogP contribution is 2.17. The maximum atomic E-state index is 10.9. The zero-order valence-electron chi connectivity index (χ0n) is 34.2. The molecule has 0 aliphatic heterocycles. The summed E-state index contributed by atoms with van der Waals surface area (Å²) < 4.78 is 0. The van der Waals surface area contributed by atoms with Crippen LogP contribution in [0, 0.1) is 0 Å². The lowest BCUT2D eigenvalue weighted by atomic mass is 10.2. The third-order valence-corrected chi connectivity index (χ3v) is 10.8. The highest BCUT2D eigenvalue weighted by Gasteiger charge is 2.14. The number of aliphatic hydroxyl groups is 1. The SMILES string of the molecule is CC/C=C\C/C=C\C/C=C\C/C=C\C/C=C\CCCCSC(CC)C(=O)O.CC/C=C\C/C=C\C/C=C\C/C=C\C/C=C\CCCCSC(CC)CO. The average Bonchev–Trinajstić information content (AvgIpc) is 3.16. The molecule has 0 radical (unpaired) electrons. The van der Waals surface area contributed by atoms with E-state index >= 15 is 0 Å². The van der Waals surface area contributed by atoms with E-state index in [0.717, 1.165) is 95.6 Å². The van der Waals surface area contributed by atoms with Gasteiger partial charge in [0, 0.05) is 5.25 Å². The number of carboxylic acids is 1. The minimum absolute atomic E-state index is 0.237. The topological polar surface area (TPSA) is 57.5 Å². The molecule has 0 spiro atoms. The Morgan fingerprint density at radius 1 is 0.453 bits per heavy atom. The molecule has 0 rings (SSSR count). The fourth-order valence-electron chi connectivity index (χ4n) is 4.60. The van der Waals surface area contributed by atoms with Gasteiger partial charge in [-0.2, -0.15) is 11.8 Å². The summed E-state index contributed by atoms with van der Waals surface area (Å²) in [5.74, 6) is 1.43. The van der Waals surface area contributed by atoms with Gasteiger partial charge in [0.15, 0.2) is 0 Å². The second-order valence-corrected chi connectivity index (χ2v) is 15.3. The first-order valence-corrected chi connectivity index (χ1v) is 22.7. The summed E-state index contributed by atoms with van der Waals surface area (Å²) in [6.45, 7) is 8.71. The number of carbonyl (C=O) groups is 1. The van der Waals surface area contributed by atoms with E-state index in [1.807, 2.05) is 18.7 Å². The van der Waals surface area contributed by atoms with Gasteiger partial charge in [0.2, 0.25) is 0 Å². The molecule has 0 bridgehead atoms. The highest BCUT2D eigenvalue weighted by molar-refractivity contribution is 8.00. The van der Waals surface area contributed by atoms with Gasteiger partial charge in [0.1, 0.15) is 5.25 Å². The van der Waals surface area contributed by atoms with E-state index in [2.05, 4.69) is 142 Å². The third kappa shape index (κ3) is 45.6. The van der Waals surface area contributed by atoms with Crippen LogP contribution in [0.3, 0.4) is 0 Å². The summed E-state index contributed by atoms with van der Waals surface area (Å²) in [5, 5.41) is 18.3. The Bertz CT molecular complexity index is 1070. The number of rotatable bonds is 34. The van der Waals surface area contributed by atoms with E-state index in [0.29, 0.717) is 18.3 Å². The van der Waals surface area contributed by atoms with Crippen molar-refractivity contribution in [2.24, 2.45) is 0 Å². The fraction of sp³-hybridized carbons (Fsp3) is 0.562. The summed E-state index contributed by atoms with van der Waals surface area (Å²) >= 11 is 3.48. The van der Waals surface area contributed by atoms with Crippen LogP contribution < -0.4 is 0 Å². The first kappa shape index (κ1) is 52.6. The minimum atomic E-state index is -0.680. The van der Waals surface area contributed by atoms with Crippen molar-refractivity contribution < 1.29 is 15.0 Å². The number of hydrogen-bond acceptors (Lipinski definition) is 4. The average molecular weight is 767 g/mol. The largest absolute Gasteiger partial charge is 0.480 e. The molecule has 0 aromatic heterocycles. The van der Waals surface area contributed by atoms with Crippen molar-refractivity contribution in [2.75, 3.05) is 18.1 Å². The molecule has 0 saturated carbocycles. The number of carboxylic acid groups (broad SMARTS) is 1. The summed E-state index contributed by atoms with van der Waals surface area (Å²) in [6, 6.07) is 0. The Morgan fingerprint density at radius 3 is 1.06 bits per heavy atom. The minimum Gasteiger partial charge on any atom is -0.480 e. The number of hydrogen-bond donors (Lipinski definition) is 2. The normalized spacial score (nSPS) is 14.0. The number of unbranched alkanes of at least 4 members (excludes halogenated alkanes) is 4. The molecule has 0 heterocycles. The molecule has 300 valence electrons. The van der Waals surface area contributed by atoms with Gasteiger partial charge < -0.3 is 10.2 Å². The molecule has 5 heteroatoms. The van der Waals surface area contributed by atoms with Crippen LogP contribution in [0.15, 0.2) is 122 Å². The predicted molar refractivity (Wildman–Crippen MR) is 244 cm³/mol. The molecular weight excluding hydrogens is 689 g/mol. The van der Waals surface area contributed by atoms with Gasteiger partial charge in [0.05, 0.1) is 6.61 Å². The summed E-state index contributed by atoms with van der Waals surface area (Å²) in [6.07, 6.45) is 63.7. The second-order valence-electron chi connectivity index (χ2n) is 12.6. The van der Waals surface area contributed by atoms with Gasteiger partial charge >= 0.3 is 5.97 Å². The Hall–Kier alpha value is -2.47. The Morgan fingerprint density at radius 2 is 0.774 bits per heavy atom. The maximum Gasteiger partial charge on any atom is 0.316 e. The van der Waals surface area contributed by atoms with E-state index < -0.39 is 5.97 Å². The standard InChI is InChI=1S/C24H38O2S.C24H40OS/c1-3-5-6-7-8-9-10-11-12-13-14-15-16-17-18-19-20-21-22-27-23(4-2)24(25)26;1-3-5-6-7-8-9-10-11-12-13-14-15-16-17-18-19-20-21-22-26-24(4-2)23-25/h5-6,8-9,11-12,14-15,17-18,23H,3-4,7,10,13,16,19-22H2,1-2H3,(H,25,26);5-6,8-9,11-12,14-15,17-18,24-25H,3-4,7,10,13,16,19-23H2,1-2H3/b2*6-5-,9-8-,12-11-,15-14-,18-17-. The van der Waals surface area contributed by atoms with Gasteiger partial charge in [0.25, 0.3) is 0 Å². The van der Waals surface area contributed by atoms with Gasteiger partial charge in [-0.1, -0.05) is 149 Å². The number of thioether (sulfide) groups is 2. The van der Waals surface area contributed by atoms with Crippen molar-refractivity contribution in [3.8, 4) is 0 Å². The van der Waals surface area contributed by atoms with E-state index in [1.165, 1.54) is 25.0 Å². The van der Waals surface area contributed by atoms with Crippen LogP contribution in [0.5, 0.6) is 0 Å². The molecule has 0 fully saturated rings. The second kappa shape index (κ2) is 47.6. The molecular formula is C48H78O3S2. The van der Waals surface area contributed by atoms with Gasteiger partial charge in [-0.3, -0.25) is 4.79 Å². The molecule has 0 aliphatic carbocycles. The van der Waals surface area contributed by atoms with Crippen LogP contribution in [0.1, 0.15) is 143 Å². The van der Waals surface area contributed by atoms with Crippen molar-refractivity contribution in [1.82, 2.24) is 0 Å². The van der Waals surface area contributed by atoms with Crippen molar-refractivity contribution in [3.05, 3.63) is 122 Å². The van der Waals surface area contributed by atoms with Crippen LogP contribution in [0.2, 0.25) is 0 Å². The van der Waals surface area contributed by atoms with E-state index in [-0.39, 0.29) is 5.25 Å². The van der Waals surface area contributed by atoms with E-state index in [1.54, 1.807) is 11.8 Å². The monoisotopic (exact) mass is 767 g/mol. The summed E-state index contributed by atoms with van der Waals surface area (Å²) in [4.78, 5) is 10.9. The molecule has 3 nitrogen and oxygen atoms in total. The van der Waals surface area contributed by atoms with Crippen LogP contribution in [0.25, 0.3) is 0 Å². The fourth-order valence-corrected chi connectivity index (χ4v) is 6.68. The van der Waals surface area contributed by atoms with Crippen LogP contribution in [-0.2, 0) is 4.79 Å². The molecule has 0 aromatic carbocycles. The van der Waals surface area contributed by atoms with Crippen LogP contribution in [-0.4, -0.2) is 44.8 Å². The molecule has 0 aliphatic rings.